The van der Waals surface area contributed by atoms with Gasteiger partial charge in [-0.3, -0.25) is 4.79 Å². The number of imidazole rings is 1. The number of nitrogens with two attached hydrogens (primary N) is 1. The quantitative estimate of drug-likeness (QED) is 0.810. The largest absolute Gasteiger partial charge is 0.384 e. The van der Waals surface area contributed by atoms with E-state index >= 15 is 0 Å². The van der Waals surface area contributed by atoms with Gasteiger partial charge < -0.3 is 15.6 Å². The molecule has 2 aromatic heterocycles. The number of carbonyl (C=O) groups is 1. The lowest BCUT2D eigenvalue weighted by atomic mass is 10.2. The molecule has 0 aliphatic heterocycles. The van der Waals surface area contributed by atoms with Gasteiger partial charge in [-0.1, -0.05) is 11.6 Å². The molecule has 6 nitrogen and oxygen atoms in total. The molecule has 2 heterocycles. The van der Waals surface area contributed by atoms with Gasteiger partial charge >= 0.3 is 0 Å². The van der Waals surface area contributed by atoms with E-state index < -0.39 is 0 Å². The van der Waals surface area contributed by atoms with Crippen LogP contribution >= 0.6 is 11.6 Å². The molecule has 3 N–H and O–H groups in total. The van der Waals surface area contributed by atoms with Gasteiger partial charge in [0.25, 0.3) is 5.91 Å². The Labute approximate surface area is 109 Å². The van der Waals surface area contributed by atoms with Gasteiger partial charge in [0.15, 0.2) is 0 Å². The first-order chi connectivity index (χ1) is 8.56. The van der Waals surface area contributed by atoms with E-state index in [0.29, 0.717) is 12.1 Å². The molecule has 0 spiro atoms. The first-order valence-corrected chi connectivity index (χ1v) is 5.61. The standard InChI is InChI=1S/C11H12ClN5O/c1-17-3-2-14-10(17)6-15-11(18)7-4-8(12)16-9(13)5-7/h2-5H,6H2,1H3,(H2,13,16)(H,15,18). The summed E-state index contributed by atoms with van der Waals surface area (Å²) in [6.07, 6.45) is 3.48. The second-order valence-electron chi connectivity index (χ2n) is 3.74. The van der Waals surface area contributed by atoms with Crippen molar-refractivity contribution in [1.82, 2.24) is 19.9 Å². The van der Waals surface area contributed by atoms with Crippen LogP contribution in [0.1, 0.15) is 16.2 Å². The smallest absolute Gasteiger partial charge is 0.251 e. The van der Waals surface area contributed by atoms with Gasteiger partial charge in [-0.25, -0.2) is 9.97 Å². The van der Waals surface area contributed by atoms with Crippen molar-refractivity contribution >= 4 is 23.3 Å². The number of rotatable bonds is 3. The number of nitrogen functional groups attached to an aromatic ring is 1. The summed E-state index contributed by atoms with van der Waals surface area (Å²) in [5, 5.41) is 2.92. The van der Waals surface area contributed by atoms with Crippen molar-refractivity contribution < 1.29 is 4.79 Å². The number of hydrogen-bond acceptors (Lipinski definition) is 4. The molecule has 0 unspecified atom stereocenters. The van der Waals surface area contributed by atoms with Crippen LogP contribution in [0, 0.1) is 0 Å². The van der Waals surface area contributed by atoms with Crippen LogP contribution in [0.15, 0.2) is 24.5 Å². The number of nitrogens with zero attached hydrogens (tertiary/aromatic N) is 3. The molecule has 0 bridgehead atoms. The molecular formula is C11H12ClN5O. The van der Waals surface area contributed by atoms with E-state index in [4.69, 9.17) is 17.3 Å². The molecule has 0 aromatic carbocycles. The Balaban J connectivity index is 2.06. The first-order valence-electron chi connectivity index (χ1n) is 5.23. The lowest BCUT2D eigenvalue weighted by molar-refractivity contribution is 0.0949. The third-order valence-corrected chi connectivity index (χ3v) is 2.60. The molecule has 0 atom stereocenters. The predicted octanol–water partition coefficient (Wildman–Crippen LogP) is 0.981. The second-order valence-corrected chi connectivity index (χ2v) is 4.13. The Morgan fingerprint density at radius 1 is 1.56 bits per heavy atom. The van der Waals surface area contributed by atoms with Crippen LogP contribution in [-0.4, -0.2) is 20.4 Å². The van der Waals surface area contributed by atoms with Crippen molar-refractivity contribution in [3.8, 4) is 0 Å². The highest BCUT2D eigenvalue weighted by Crippen LogP contribution is 2.12. The highest BCUT2D eigenvalue weighted by molar-refractivity contribution is 6.29. The van der Waals surface area contributed by atoms with Crippen molar-refractivity contribution in [3.05, 3.63) is 41.1 Å². The maximum atomic E-state index is 11.9. The molecule has 94 valence electrons. The maximum absolute atomic E-state index is 11.9. The molecule has 7 heteroatoms. The zero-order valence-corrected chi connectivity index (χ0v) is 10.5. The Hall–Kier alpha value is -2.08. The first kappa shape index (κ1) is 12.4. The third-order valence-electron chi connectivity index (χ3n) is 2.40. The van der Waals surface area contributed by atoms with Crippen molar-refractivity contribution in [3.63, 3.8) is 0 Å². The van der Waals surface area contributed by atoms with Crippen LogP contribution in [0.3, 0.4) is 0 Å². The highest BCUT2D eigenvalue weighted by atomic mass is 35.5. The minimum absolute atomic E-state index is 0.192. The Bertz CT molecular complexity index is 560. The van der Waals surface area contributed by atoms with E-state index in [0.717, 1.165) is 5.82 Å². The molecule has 0 saturated carbocycles. The number of halogens is 1. The Kier molecular flexibility index (Phi) is 3.47. The summed E-state index contributed by atoms with van der Waals surface area (Å²) >= 11 is 5.73. The van der Waals surface area contributed by atoms with Crippen molar-refractivity contribution in [2.75, 3.05) is 5.73 Å². The monoisotopic (exact) mass is 265 g/mol. The Morgan fingerprint density at radius 2 is 2.33 bits per heavy atom. The summed E-state index contributed by atoms with van der Waals surface area (Å²) in [6, 6.07) is 2.94. The van der Waals surface area contributed by atoms with E-state index in [1.807, 2.05) is 17.8 Å². The average Bonchev–Trinajstić information content (AvgIpc) is 2.70. The lowest BCUT2D eigenvalue weighted by Crippen LogP contribution is -2.24. The molecule has 0 fully saturated rings. The zero-order valence-electron chi connectivity index (χ0n) is 9.72. The summed E-state index contributed by atoms with van der Waals surface area (Å²) in [5.41, 5.74) is 5.90. The zero-order chi connectivity index (χ0) is 13.1. The number of aromatic nitrogens is 3. The van der Waals surface area contributed by atoms with Crippen LogP contribution in [0.2, 0.25) is 5.15 Å². The number of anilines is 1. The minimum Gasteiger partial charge on any atom is -0.384 e. The van der Waals surface area contributed by atoms with Gasteiger partial charge in [-0.15, -0.1) is 0 Å². The van der Waals surface area contributed by atoms with Gasteiger partial charge in [0.2, 0.25) is 0 Å². The normalized spacial score (nSPS) is 10.3. The van der Waals surface area contributed by atoms with Gasteiger partial charge in [0, 0.05) is 25.0 Å². The van der Waals surface area contributed by atoms with E-state index in [9.17, 15) is 4.79 Å². The van der Waals surface area contributed by atoms with Crippen LogP contribution in [0.5, 0.6) is 0 Å². The number of carbonyl (C=O) groups excluding carboxylic acids is 1. The average molecular weight is 266 g/mol. The molecule has 2 aromatic rings. The highest BCUT2D eigenvalue weighted by Gasteiger charge is 2.09. The maximum Gasteiger partial charge on any atom is 0.251 e. The lowest BCUT2D eigenvalue weighted by Gasteiger charge is -2.06. The molecule has 0 saturated heterocycles. The Morgan fingerprint density at radius 3 is 2.94 bits per heavy atom. The van der Waals surface area contributed by atoms with Crippen molar-refractivity contribution in [2.24, 2.45) is 7.05 Å². The van der Waals surface area contributed by atoms with Crippen LogP contribution in [-0.2, 0) is 13.6 Å². The molecule has 0 radical (unpaired) electrons. The van der Waals surface area contributed by atoms with Crippen molar-refractivity contribution in [2.45, 2.75) is 6.54 Å². The molecule has 1 amide bonds. The molecule has 2 rings (SSSR count). The predicted molar refractivity (Wildman–Crippen MR) is 68.0 cm³/mol. The fourth-order valence-electron chi connectivity index (χ4n) is 1.48. The van der Waals surface area contributed by atoms with E-state index in [1.165, 1.54) is 12.1 Å². The number of aryl methyl sites for hydroxylation is 1. The third kappa shape index (κ3) is 2.78. The second kappa shape index (κ2) is 5.05. The fraction of sp³-hybridized carbons (Fsp3) is 0.182. The number of amides is 1. The van der Waals surface area contributed by atoms with Crippen molar-refractivity contribution in [1.29, 1.82) is 0 Å². The summed E-state index contributed by atoms with van der Waals surface area (Å²) in [7, 11) is 1.86. The molecule has 18 heavy (non-hydrogen) atoms. The van der Waals surface area contributed by atoms with E-state index in [-0.39, 0.29) is 16.9 Å². The number of nitrogens with one attached hydrogen (secondary N) is 1. The summed E-state index contributed by atoms with van der Waals surface area (Å²) in [5.74, 6) is 0.704. The molecule has 0 aliphatic rings. The van der Waals surface area contributed by atoms with Crippen LogP contribution in [0.4, 0.5) is 5.82 Å². The van der Waals surface area contributed by atoms with E-state index in [2.05, 4.69) is 15.3 Å². The van der Waals surface area contributed by atoms with E-state index in [1.54, 1.807) is 6.20 Å². The summed E-state index contributed by atoms with van der Waals surface area (Å²) < 4.78 is 1.83. The topological polar surface area (TPSA) is 85.8 Å². The molecular weight excluding hydrogens is 254 g/mol. The van der Waals surface area contributed by atoms with Crippen LogP contribution < -0.4 is 11.1 Å². The van der Waals surface area contributed by atoms with Gasteiger partial charge in [0.05, 0.1) is 6.54 Å². The summed E-state index contributed by atoms with van der Waals surface area (Å²) in [6.45, 7) is 0.335. The van der Waals surface area contributed by atoms with Gasteiger partial charge in [-0.05, 0) is 12.1 Å². The van der Waals surface area contributed by atoms with Gasteiger partial charge in [-0.2, -0.15) is 0 Å². The minimum atomic E-state index is -0.269. The fourth-order valence-corrected chi connectivity index (χ4v) is 1.69. The van der Waals surface area contributed by atoms with Gasteiger partial charge in [0.1, 0.15) is 16.8 Å². The number of hydrogen-bond donors (Lipinski definition) is 2. The summed E-state index contributed by atoms with van der Waals surface area (Å²) in [4.78, 5) is 19.8. The number of pyridine rings is 1. The van der Waals surface area contributed by atoms with Crippen LogP contribution in [0.25, 0.3) is 0 Å². The SMILES string of the molecule is Cn1ccnc1CNC(=O)c1cc(N)nc(Cl)c1. The molecule has 0 aliphatic carbocycles.